The third-order valence-corrected chi connectivity index (χ3v) is 3.91. The monoisotopic (exact) mass is 325 g/mol. The minimum atomic E-state index is -0.852. The highest BCUT2D eigenvalue weighted by molar-refractivity contribution is 5.50. The Labute approximate surface area is 136 Å². The molecular weight excluding hydrogens is 313 g/mol. The van der Waals surface area contributed by atoms with Crippen LogP contribution >= 0.6 is 0 Å². The molecule has 1 atom stereocenters. The number of hydrogen-bond acceptors (Lipinski definition) is 6. The molecule has 8 heteroatoms. The van der Waals surface area contributed by atoms with Gasteiger partial charge < -0.3 is 15.2 Å². The summed E-state index contributed by atoms with van der Waals surface area (Å²) in [6.07, 6.45) is 2.25. The van der Waals surface area contributed by atoms with Crippen LogP contribution in [0.3, 0.4) is 0 Å². The Morgan fingerprint density at radius 2 is 2.33 bits per heavy atom. The Morgan fingerprint density at radius 1 is 1.46 bits per heavy atom. The molecule has 2 N–H and O–H groups in total. The number of hydrogen-bond donors (Lipinski definition) is 2. The average Bonchev–Trinajstić information content (AvgIpc) is 3.18. The molecule has 0 radical (unpaired) electrons. The largest absolute Gasteiger partial charge is 0.490 e. The minimum Gasteiger partial charge on any atom is -0.490 e. The summed E-state index contributed by atoms with van der Waals surface area (Å²) in [4.78, 5) is 8.32. The van der Waals surface area contributed by atoms with Crippen LogP contribution in [0.4, 0.5) is 10.3 Å². The third-order valence-electron chi connectivity index (χ3n) is 3.91. The molecule has 7 nitrogen and oxygen atoms in total. The van der Waals surface area contributed by atoms with E-state index in [2.05, 4.69) is 15.3 Å². The number of ether oxygens (including phenoxy) is 1. The van der Waals surface area contributed by atoms with E-state index in [1.54, 1.807) is 22.9 Å². The molecule has 1 aliphatic heterocycles. The fraction of sp³-hybridized carbons (Fsp3) is 0.188. The number of aromatic nitrogens is 3. The molecule has 0 aliphatic carbocycles. The molecule has 24 heavy (non-hydrogen) atoms. The molecule has 0 spiro atoms. The van der Waals surface area contributed by atoms with E-state index in [1.165, 1.54) is 12.1 Å². The number of nitrogens with one attached hydrogen (secondary N) is 1. The van der Waals surface area contributed by atoms with Gasteiger partial charge in [-0.1, -0.05) is 0 Å². The topological polar surface area (TPSA) is 95.5 Å². The molecule has 0 fully saturated rings. The molecule has 2 aromatic heterocycles. The lowest BCUT2D eigenvalue weighted by Gasteiger charge is -2.12. The molecule has 1 unspecified atom stereocenters. The van der Waals surface area contributed by atoms with Gasteiger partial charge in [0.15, 0.2) is 5.69 Å². The first-order valence-electron chi connectivity index (χ1n) is 7.27. The van der Waals surface area contributed by atoms with Crippen molar-refractivity contribution in [1.82, 2.24) is 14.4 Å². The van der Waals surface area contributed by atoms with Crippen molar-refractivity contribution in [3.8, 4) is 11.8 Å². The summed E-state index contributed by atoms with van der Waals surface area (Å²) >= 11 is 0. The fourth-order valence-electron chi connectivity index (χ4n) is 2.81. The summed E-state index contributed by atoms with van der Waals surface area (Å²) in [6.45, 7) is 0.230. The summed E-state index contributed by atoms with van der Waals surface area (Å²) in [6, 6.07) is 6.46. The summed E-state index contributed by atoms with van der Waals surface area (Å²) < 4.78 is 21.2. The van der Waals surface area contributed by atoms with Crippen LogP contribution in [-0.4, -0.2) is 26.1 Å². The lowest BCUT2D eigenvalue weighted by Crippen LogP contribution is -2.10. The number of anilines is 1. The van der Waals surface area contributed by atoms with Crippen molar-refractivity contribution in [1.29, 1.82) is 5.26 Å². The Balaban J connectivity index is 1.69. The number of fused-ring (bicyclic) bond motifs is 2. The second-order valence-electron chi connectivity index (χ2n) is 5.35. The van der Waals surface area contributed by atoms with E-state index in [0.717, 1.165) is 0 Å². The lowest BCUT2D eigenvalue weighted by atomic mass is 10.0. The number of halogens is 1. The normalized spacial score (nSPS) is 15.8. The standard InChI is InChI=1S/C16H12FN5O2/c17-11-1-2-13-15(12(23)8-24-13)10(11)6-20-16-19-4-3-14-21-9(5-18)7-22(14)16/h1-4,7,12,23H,6,8H2,(H,19,20). The van der Waals surface area contributed by atoms with Gasteiger partial charge in [-0.2, -0.15) is 5.26 Å². The van der Waals surface area contributed by atoms with Crippen molar-refractivity contribution in [3.63, 3.8) is 0 Å². The van der Waals surface area contributed by atoms with Crippen LogP contribution in [0.5, 0.6) is 5.75 Å². The molecule has 1 aliphatic rings. The molecular formula is C16H12FN5O2. The number of nitrogens with zero attached hydrogens (tertiary/aromatic N) is 4. The van der Waals surface area contributed by atoms with E-state index in [4.69, 9.17) is 10.00 Å². The van der Waals surface area contributed by atoms with Gasteiger partial charge in [0.05, 0.1) is 6.20 Å². The zero-order valence-electron chi connectivity index (χ0n) is 12.4. The van der Waals surface area contributed by atoms with Gasteiger partial charge in [0, 0.05) is 23.9 Å². The van der Waals surface area contributed by atoms with E-state index in [-0.39, 0.29) is 18.8 Å². The van der Waals surface area contributed by atoms with Crippen LogP contribution in [0.1, 0.15) is 22.9 Å². The maximum atomic E-state index is 14.2. The zero-order valence-corrected chi connectivity index (χ0v) is 12.4. The summed E-state index contributed by atoms with van der Waals surface area (Å²) in [5.74, 6) is 0.481. The van der Waals surface area contributed by atoms with E-state index < -0.39 is 11.9 Å². The maximum absolute atomic E-state index is 14.2. The molecule has 0 saturated carbocycles. The summed E-state index contributed by atoms with van der Waals surface area (Å²) in [5.41, 5.74) is 1.61. The molecule has 3 heterocycles. The smallest absolute Gasteiger partial charge is 0.208 e. The van der Waals surface area contributed by atoms with Crippen molar-refractivity contribution in [3.05, 3.63) is 53.2 Å². The van der Waals surface area contributed by atoms with Crippen molar-refractivity contribution in [2.24, 2.45) is 0 Å². The second-order valence-corrected chi connectivity index (χ2v) is 5.35. The first-order chi connectivity index (χ1) is 11.7. The van der Waals surface area contributed by atoms with Gasteiger partial charge in [-0.25, -0.2) is 14.4 Å². The number of benzene rings is 1. The van der Waals surface area contributed by atoms with Crippen LogP contribution in [-0.2, 0) is 6.54 Å². The van der Waals surface area contributed by atoms with Gasteiger partial charge in [0.25, 0.3) is 0 Å². The van der Waals surface area contributed by atoms with Crippen molar-refractivity contribution >= 4 is 11.6 Å². The summed E-state index contributed by atoms with van der Waals surface area (Å²) in [7, 11) is 0. The first-order valence-corrected chi connectivity index (χ1v) is 7.27. The third kappa shape index (κ3) is 2.23. The quantitative estimate of drug-likeness (QED) is 0.762. The van der Waals surface area contributed by atoms with Gasteiger partial charge in [0.1, 0.15) is 36.0 Å². The van der Waals surface area contributed by atoms with E-state index in [0.29, 0.717) is 28.5 Å². The second kappa shape index (κ2) is 5.47. The number of nitriles is 1. The number of aliphatic hydroxyl groups is 1. The van der Waals surface area contributed by atoms with Crippen LogP contribution in [0.15, 0.2) is 30.6 Å². The fourth-order valence-corrected chi connectivity index (χ4v) is 2.81. The van der Waals surface area contributed by atoms with Gasteiger partial charge in [0.2, 0.25) is 5.95 Å². The van der Waals surface area contributed by atoms with Crippen LogP contribution < -0.4 is 10.1 Å². The van der Waals surface area contributed by atoms with Crippen LogP contribution in [0, 0.1) is 17.1 Å². The van der Waals surface area contributed by atoms with E-state index in [1.807, 2.05) is 6.07 Å². The van der Waals surface area contributed by atoms with Gasteiger partial charge in [-0.05, 0) is 18.2 Å². The van der Waals surface area contributed by atoms with Crippen LogP contribution in [0.25, 0.3) is 5.65 Å². The highest BCUT2D eigenvalue weighted by Gasteiger charge is 2.27. The Kier molecular flexibility index (Phi) is 3.29. The van der Waals surface area contributed by atoms with Gasteiger partial charge >= 0.3 is 0 Å². The highest BCUT2D eigenvalue weighted by atomic mass is 19.1. The van der Waals surface area contributed by atoms with Crippen LogP contribution in [0.2, 0.25) is 0 Å². The van der Waals surface area contributed by atoms with Gasteiger partial charge in [-0.15, -0.1) is 0 Å². The van der Waals surface area contributed by atoms with E-state index in [9.17, 15) is 9.50 Å². The highest BCUT2D eigenvalue weighted by Crippen LogP contribution is 2.36. The lowest BCUT2D eigenvalue weighted by molar-refractivity contribution is 0.140. The van der Waals surface area contributed by atoms with Crippen molar-refractivity contribution < 1.29 is 14.2 Å². The number of aliphatic hydroxyl groups excluding tert-OH is 1. The maximum Gasteiger partial charge on any atom is 0.208 e. The predicted molar refractivity (Wildman–Crippen MR) is 81.9 cm³/mol. The zero-order chi connectivity index (χ0) is 16.7. The Morgan fingerprint density at radius 3 is 3.17 bits per heavy atom. The Hall–Kier alpha value is -3.18. The predicted octanol–water partition coefficient (Wildman–Crippen LogP) is 1.78. The molecule has 3 aromatic rings. The molecule has 4 rings (SSSR count). The van der Waals surface area contributed by atoms with Crippen molar-refractivity contribution in [2.75, 3.05) is 11.9 Å². The van der Waals surface area contributed by atoms with E-state index >= 15 is 0 Å². The molecule has 0 bridgehead atoms. The molecule has 1 aromatic carbocycles. The number of rotatable bonds is 3. The minimum absolute atomic E-state index is 0.113. The molecule has 0 saturated heterocycles. The molecule has 0 amide bonds. The van der Waals surface area contributed by atoms with Crippen molar-refractivity contribution in [2.45, 2.75) is 12.6 Å². The molecule has 120 valence electrons. The van der Waals surface area contributed by atoms with Gasteiger partial charge in [-0.3, -0.25) is 4.40 Å². The SMILES string of the molecule is N#Cc1cn2c(NCc3c(F)ccc4c3C(O)CO4)nccc2n1. The first kappa shape index (κ1) is 14.4. The average molecular weight is 325 g/mol. The number of imidazole rings is 1. The Bertz CT molecular complexity index is 978. The summed E-state index contributed by atoms with van der Waals surface area (Å²) in [5, 5.41) is 22.0.